The maximum atomic E-state index is 12.4. The molecule has 3 rings (SSSR count). The Labute approximate surface area is 147 Å². The Morgan fingerprint density at radius 2 is 1.76 bits per heavy atom. The van der Waals surface area contributed by atoms with E-state index in [1.807, 2.05) is 4.90 Å². The lowest BCUT2D eigenvalue weighted by Crippen LogP contribution is -2.49. The van der Waals surface area contributed by atoms with Crippen molar-refractivity contribution in [3.63, 3.8) is 0 Å². The van der Waals surface area contributed by atoms with Gasteiger partial charge in [0.05, 0.1) is 6.04 Å². The summed E-state index contributed by atoms with van der Waals surface area (Å²) in [5, 5.41) is 2.96. The Bertz CT molecular complexity index is 623. The molecule has 1 aromatic rings. The number of carbonyl (C=O) groups excluding carboxylic acids is 2. The van der Waals surface area contributed by atoms with Crippen LogP contribution in [0.1, 0.15) is 49.0 Å². The molecule has 0 unspecified atom stereocenters. The number of nitrogens with two attached hydrogens (primary N) is 2. The smallest absolute Gasteiger partial charge is 0.273 e. The second-order valence-corrected chi connectivity index (χ2v) is 6.93. The van der Waals surface area contributed by atoms with Crippen LogP contribution < -0.4 is 16.8 Å². The average Bonchev–Trinajstić information content (AvgIpc) is 3.16. The van der Waals surface area contributed by atoms with E-state index in [-0.39, 0.29) is 35.3 Å². The van der Waals surface area contributed by atoms with Crippen molar-refractivity contribution < 1.29 is 9.59 Å². The summed E-state index contributed by atoms with van der Waals surface area (Å²) in [6.07, 6.45) is 8.32. The summed E-state index contributed by atoms with van der Waals surface area (Å²) in [7, 11) is 0. The van der Waals surface area contributed by atoms with Gasteiger partial charge >= 0.3 is 0 Å². The molecule has 0 spiro atoms. The summed E-state index contributed by atoms with van der Waals surface area (Å²) < 4.78 is 0. The van der Waals surface area contributed by atoms with Crippen molar-refractivity contribution in [1.29, 1.82) is 0 Å². The van der Waals surface area contributed by atoms with Crippen LogP contribution >= 0.6 is 0 Å². The molecule has 8 heteroatoms. The minimum Gasteiger partial charge on any atom is -0.382 e. The minimum atomic E-state index is -0.426. The second-order valence-electron chi connectivity index (χ2n) is 6.93. The number of likely N-dealkylation sites (tertiary alicyclic amines) is 1. The van der Waals surface area contributed by atoms with Crippen LogP contribution in [0.5, 0.6) is 0 Å². The zero-order chi connectivity index (χ0) is 17.8. The number of amides is 2. The molecule has 2 heterocycles. The van der Waals surface area contributed by atoms with Gasteiger partial charge < -0.3 is 21.7 Å². The summed E-state index contributed by atoms with van der Waals surface area (Å²) in [5.41, 5.74) is 12.1. The molecule has 2 fully saturated rings. The third-order valence-corrected chi connectivity index (χ3v) is 5.26. The summed E-state index contributed by atoms with van der Waals surface area (Å²) >= 11 is 0. The number of hydrogen-bond acceptors (Lipinski definition) is 6. The first kappa shape index (κ1) is 17.6. The van der Waals surface area contributed by atoms with Crippen LogP contribution in [0.15, 0.2) is 12.4 Å². The highest BCUT2D eigenvalue weighted by Gasteiger charge is 2.33. The van der Waals surface area contributed by atoms with Crippen molar-refractivity contribution in [2.45, 2.75) is 50.6 Å². The summed E-state index contributed by atoms with van der Waals surface area (Å²) in [6, 6.07) is -0.371. The fraction of sp³-hybridized carbons (Fsp3) is 0.647. The van der Waals surface area contributed by atoms with E-state index in [0.717, 1.165) is 51.6 Å². The van der Waals surface area contributed by atoms with E-state index in [0.29, 0.717) is 0 Å². The predicted octanol–water partition coefficient (Wildman–Crippen LogP) is 0.297. The standard InChI is InChI=1S/C17H26N6O2/c18-13(17(25)23-9-1-2-10-23)11-3-5-12(6-4-11)22-16(24)14-15(19)21-8-7-20-14/h7-8,11-13H,1-6,9-10,18H2,(H2,19,21)(H,22,24)/t11-,12-,13-/m0/s1. The van der Waals surface area contributed by atoms with E-state index >= 15 is 0 Å². The Morgan fingerprint density at radius 3 is 2.40 bits per heavy atom. The monoisotopic (exact) mass is 346 g/mol. The van der Waals surface area contributed by atoms with Gasteiger partial charge in [0, 0.05) is 31.5 Å². The number of nitrogens with zero attached hydrogens (tertiary/aromatic N) is 3. The molecule has 1 aromatic heterocycles. The van der Waals surface area contributed by atoms with Crippen LogP contribution in [0, 0.1) is 5.92 Å². The molecule has 0 radical (unpaired) electrons. The van der Waals surface area contributed by atoms with Crippen LogP contribution in [0.4, 0.5) is 5.82 Å². The lowest BCUT2D eigenvalue weighted by atomic mass is 9.81. The molecule has 1 saturated heterocycles. The van der Waals surface area contributed by atoms with Crippen LogP contribution in [0.3, 0.4) is 0 Å². The molecule has 25 heavy (non-hydrogen) atoms. The molecule has 1 aliphatic heterocycles. The topological polar surface area (TPSA) is 127 Å². The Kier molecular flexibility index (Phi) is 5.47. The maximum absolute atomic E-state index is 12.4. The van der Waals surface area contributed by atoms with Crippen molar-refractivity contribution >= 4 is 17.6 Å². The number of anilines is 1. The first-order valence-electron chi connectivity index (χ1n) is 8.98. The maximum Gasteiger partial charge on any atom is 0.273 e. The lowest BCUT2D eigenvalue weighted by Gasteiger charge is -2.33. The highest BCUT2D eigenvalue weighted by atomic mass is 16.2. The van der Waals surface area contributed by atoms with E-state index in [2.05, 4.69) is 15.3 Å². The van der Waals surface area contributed by atoms with E-state index in [1.165, 1.54) is 12.4 Å². The first-order valence-corrected chi connectivity index (χ1v) is 8.98. The van der Waals surface area contributed by atoms with Crippen molar-refractivity contribution in [3.05, 3.63) is 18.1 Å². The van der Waals surface area contributed by atoms with E-state index in [4.69, 9.17) is 11.5 Å². The van der Waals surface area contributed by atoms with E-state index < -0.39 is 6.04 Å². The highest BCUT2D eigenvalue weighted by molar-refractivity contribution is 5.96. The normalized spacial score (nSPS) is 24.8. The number of carbonyl (C=O) groups is 2. The molecule has 0 bridgehead atoms. The molecule has 5 N–H and O–H groups in total. The van der Waals surface area contributed by atoms with Gasteiger partial charge in [-0.2, -0.15) is 0 Å². The summed E-state index contributed by atoms with van der Waals surface area (Å²) in [4.78, 5) is 34.4. The van der Waals surface area contributed by atoms with Crippen LogP contribution in [0.25, 0.3) is 0 Å². The highest BCUT2D eigenvalue weighted by Crippen LogP contribution is 2.28. The molecule has 136 valence electrons. The fourth-order valence-corrected chi connectivity index (χ4v) is 3.75. The molecule has 1 atom stereocenters. The Hall–Kier alpha value is -2.22. The van der Waals surface area contributed by atoms with Gasteiger partial charge in [-0.05, 0) is 44.4 Å². The van der Waals surface area contributed by atoms with Gasteiger partial charge in [0.15, 0.2) is 11.5 Å². The Morgan fingerprint density at radius 1 is 1.12 bits per heavy atom. The predicted molar refractivity (Wildman–Crippen MR) is 93.4 cm³/mol. The van der Waals surface area contributed by atoms with Crippen LogP contribution in [0.2, 0.25) is 0 Å². The van der Waals surface area contributed by atoms with Gasteiger partial charge in [-0.1, -0.05) is 0 Å². The van der Waals surface area contributed by atoms with Crippen molar-refractivity contribution in [2.24, 2.45) is 11.7 Å². The molecule has 2 aliphatic rings. The molecule has 0 aromatic carbocycles. The SMILES string of the molecule is Nc1nccnc1C(=O)N[C@H]1CC[C@H]([C@H](N)C(=O)N2CCCC2)CC1. The zero-order valence-corrected chi connectivity index (χ0v) is 14.4. The quantitative estimate of drug-likeness (QED) is 0.719. The third-order valence-electron chi connectivity index (χ3n) is 5.26. The molecule has 1 saturated carbocycles. The number of aromatic nitrogens is 2. The van der Waals surface area contributed by atoms with Gasteiger partial charge in [0.25, 0.3) is 5.91 Å². The van der Waals surface area contributed by atoms with Crippen molar-refractivity contribution in [2.75, 3.05) is 18.8 Å². The number of nitrogens with one attached hydrogen (secondary N) is 1. The van der Waals surface area contributed by atoms with Gasteiger partial charge in [-0.15, -0.1) is 0 Å². The van der Waals surface area contributed by atoms with Crippen molar-refractivity contribution in [1.82, 2.24) is 20.2 Å². The summed E-state index contributed by atoms with van der Waals surface area (Å²) in [5.74, 6) is 0.0959. The van der Waals surface area contributed by atoms with Crippen LogP contribution in [-0.2, 0) is 4.79 Å². The lowest BCUT2D eigenvalue weighted by molar-refractivity contribution is -0.133. The molecule has 8 nitrogen and oxygen atoms in total. The zero-order valence-electron chi connectivity index (χ0n) is 14.4. The summed E-state index contributed by atoms with van der Waals surface area (Å²) in [6.45, 7) is 1.66. The van der Waals surface area contributed by atoms with Crippen LogP contribution in [-0.4, -0.2) is 51.9 Å². The van der Waals surface area contributed by atoms with Crippen molar-refractivity contribution in [3.8, 4) is 0 Å². The van der Waals surface area contributed by atoms with Gasteiger partial charge in [-0.25, -0.2) is 9.97 Å². The Balaban J connectivity index is 1.49. The minimum absolute atomic E-state index is 0.0549. The second kappa shape index (κ2) is 7.77. The first-order chi connectivity index (χ1) is 12.1. The number of hydrogen-bond donors (Lipinski definition) is 3. The number of nitrogen functional groups attached to an aromatic ring is 1. The molecular weight excluding hydrogens is 320 g/mol. The van der Waals surface area contributed by atoms with E-state index in [1.54, 1.807) is 0 Å². The molecule has 1 aliphatic carbocycles. The van der Waals surface area contributed by atoms with Gasteiger partial charge in [-0.3, -0.25) is 9.59 Å². The molecular formula is C17H26N6O2. The molecule has 2 amide bonds. The fourth-order valence-electron chi connectivity index (χ4n) is 3.75. The third kappa shape index (κ3) is 4.07. The average molecular weight is 346 g/mol. The number of rotatable bonds is 4. The largest absolute Gasteiger partial charge is 0.382 e. The van der Waals surface area contributed by atoms with Gasteiger partial charge in [0.2, 0.25) is 5.91 Å². The van der Waals surface area contributed by atoms with Gasteiger partial charge in [0.1, 0.15) is 0 Å². The van der Waals surface area contributed by atoms with E-state index in [9.17, 15) is 9.59 Å².